The number of aromatic amines is 1. The predicted octanol–water partition coefficient (Wildman–Crippen LogP) is 5.35. The SMILES string of the molecule is CC[C@H](c1nnnn1CCc1ccccc1)N(Cc1cc2cc(C)ccc2[nH]c1=O)C1CCCCC1. The number of rotatable bonds is 9. The first kappa shape index (κ1) is 24.4. The van der Waals surface area contributed by atoms with Crippen LogP contribution in [0.25, 0.3) is 10.9 Å². The number of nitrogens with zero attached hydrogens (tertiary/aromatic N) is 5. The first-order chi connectivity index (χ1) is 17.6. The molecule has 1 aliphatic rings. The number of H-pyrrole nitrogens is 1. The quantitative estimate of drug-likeness (QED) is 0.346. The average molecular weight is 485 g/mol. The monoisotopic (exact) mass is 484 g/mol. The van der Waals surface area contributed by atoms with Gasteiger partial charge < -0.3 is 4.98 Å². The summed E-state index contributed by atoms with van der Waals surface area (Å²) >= 11 is 0. The molecule has 2 aromatic heterocycles. The molecule has 7 nitrogen and oxygen atoms in total. The van der Waals surface area contributed by atoms with E-state index in [9.17, 15) is 4.79 Å². The molecule has 0 bridgehead atoms. The zero-order valence-corrected chi connectivity index (χ0v) is 21.4. The maximum absolute atomic E-state index is 13.1. The lowest BCUT2D eigenvalue weighted by molar-refractivity contribution is 0.0841. The lowest BCUT2D eigenvalue weighted by Crippen LogP contribution is -2.41. The maximum Gasteiger partial charge on any atom is 0.252 e. The van der Waals surface area contributed by atoms with E-state index < -0.39 is 0 Å². The highest BCUT2D eigenvalue weighted by molar-refractivity contribution is 5.79. The minimum atomic E-state index is -0.00863. The lowest BCUT2D eigenvalue weighted by atomic mass is 9.92. The van der Waals surface area contributed by atoms with Crippen LogP contribution < -0.4 is 5.56 Å². The van der Waals surface area contributed by atoms with Gasteiger partial charge in [0.15, 0.2) is 5.82 Å². The summed E-state index contributed by atoms with van der Waals surface area (Å²) in [5.41, 5.74) is 4.14. The van der Waals surface area contributed by atoms with E-state index in [0.29, 0.717) is 12.6 Å². The van der Waals surface area contributed by atoms with Crippen molar-refractivity contribution in [1.29, 1.82) is 0 Å². The van der Waals surface area contributed by atoms with E-state index in [4.69, 9.17) is 0 Å². The van der Waals surface area contributed by atoms with Crippen molar-refractivity contribution in [3.05, 3.63) is 87.5 Å². The smallest absolute Gasteiger partial charge is 0.252 e. The molecular formula is C29H36N6O. The molecule has 0 unspecified atom stereocenters. The normalized spacial score (nSPS) is 15.5. The number of tetrazole rings is 1. The van der Waals surface area contributed by atoms with E-state index in [2.05, 4.69) is 75.7 Å². The van der Waals surface area contributed by atoms with Gasteiger partial charge >= 0.3 is 0 Å². The highest BCUT2D eigenvalue weighted by atomic mass is 16.1. The number of hydrogen-bond donors (Lipinski definition) is 1. The summed E-state index contributed by atoms with van der Waals surface area (Å²) in [7, 11) is 0. The van der Waals surface area contributed by atoms with Gasteiger partial charge in [-0.25, -0.2) is 4.68 Å². The third-order valence-electron chi connectivity index (χ3n) is 7.57. The molecule has 0 aliphatic heterocycles. The Labute approximate surface area is 212 Å². The summed E-state index contributed by atoms with van der Waals surface area (Å²) in [5.74, 6) is 0.895. The number of nitrogens with one attached hydrogen (secondary N) is 1. The Morgan fingerprint density at radius 3 is 2.67 bits per heavy atom. The van der Waals surface area contributed by atoms with Crippen molar-refractivity contribution in [3.63, 3.8) is 0 Å². The standard InChI is InChI=1S/C29H36N6O/c1-3-27(28-31-32-33-35(28)17-16-22-10-6-4-7-11-22)34(25-12-8-5-9-13-25)20-24-19-23-18-21(2)14-15-26(23)30-29(24)36/h4,6-7,10-11,14-15,18-19,25,27H,3,5,8-9,12-13,16-17,20H2,1-2H3,(H,30,36)/t27-/m1/s1. The van der Waals surface area contributed by atoms with Crippen LogP contribution in [0.3, 0.4) is 0 Å². The van der Waals surface area contributed by atoms with Gasteiger partial charge in [-0.1, -0.05) is 68.1 Å². The zero-order chi connectivity index (χ0) is 24.9. The van der Waals surface area contributed by atoms with Crippen molar-refractivity contribution in [1.82, 2.24) is 30.1 Å². The van der Waals surface area contributed by atoms with Crippen molar-refractivity contribution in [2.24, 2.45) is 0 Å². The molecule has 0 radical (unpaired) electrons. The molecule has 36 heavy (non-hydrogen) atoms. The largest absolute Gasteiger partial charge is 0.322 e. The molecule has 0 spiro atoms. The molecule has 1 saturated carbocycles. The number of hydrogen-bond acceptors (Lipinski definition) is 5. The van der Waals surface area contributed by atoms with E-state index in [0.717, 1.165) is 54.5 Å². The van der Waals surface area contributed by atoms with Crippen molar-refractivity contribution in [2.45, 2.75) is 84.0 Å². The highest BCUT2D eigenvalue weighted by Crippen LogP contribution is 2.33. The summed E-state index contributed by atoms with van der Waals surface area (Å²) in [4.78, 5) is 18.8. The van der Waals surface area contributed by atoms with Crippen LogP contribution in [0, 0.1) is 6.92 Å². The molecule has 0 saturated heterocycles. The van der Waals surface area contributed by atoms with Gasteiger partial charge in [-0.3, -0.25) is 9.69 Å². The van der Waals surface area contributed by atoms with Gasteiger partial charge in [0.1, 0.15) is 0 Å². The molecule has 5 rings (SSSR count). The first-order valence-corrected chi connectivity index (χ1v) is 13.3. The fraction of sp³-hybridized carbons (Fsp3) is 0.448. The van der Waals surface area contributed by atoms with E-state index >= 15 is 0 Å². The molecule has 188 valence electrons. The van der Waals surface area contributed by atoms with Gasteiger partial charge in [-0.05, 0) is 72.2 Å². The minimum absolute atomic E-state index is 0.00863. The third-order valence-corrected chi connectivity index (χ3v) is 7.57. The lowest BCUT2D eigenvalue weighted by Gasteiger charge is -2.39. The van der Waals surface area contributed by atoms with Crippen LogP contribution in [0.4, 0.5) is 0 Å². The molecule has 2 aromatic carbocycles. The third kappa shape index (κ3) is 5.41. The van der Waals surface area contributed by atoms with E-state index in [1.165, 1.54) is 30.4 Å². The van der Waals surface area contributed by atoms with Gasteiger partial charge in [-0.15, -0.1) is 5.10 Å². The molecule has 1 N–H and O–H groups in total. The van der Waals surface area contributed by atoms with Crippen LogP contribution in [-0.2, 0) is 19.5 Å². The van der Waals surface area contributed by atoms with Crippen LogP contribution in [0.15, 0.2) is 59.4 Å². The molecule has 4 aromatic rings. The molecule has 1 atom stereocenters. The van der Waals surface area contributed by atoms with Crippen molar-refractivity contribution in [3.8, 4) is 0 Å². The van der Waals surface area contributed by atoms with Crippen molar-refractivity contribution in [2.75, 3.05) is 0 Å². The summed E-state index contributed by atoms with van der Waals surface area (Å²) in [6.07, 6.45) is 7.79. The van der Waals surface area contributed by atoms with Crippen LogP contribution >= 0.6 is 0 Å². The number of benzene rings is 2. The van der Waals surface area contributed by atoms with Crippen LogP contribution in [0.1, 0.15) is 74.0 Å². The van der Waals surface area contributed by atoms with Gasteiger partial charge in [0.05, 0.1) is 6.04 Å². The molecule has 7 heteroatoms. The Hall–Kier alpha value is -3.32. The fourth-order valence-electron chi connectivity index (χ4n) is 5.65. The number of pyridine rings is 1. The van der Waals surface area contributed by atoms with E-state index in [-0.39, 0.29) is 11.6 Å². The number of aryl methyl sites for hydroxylation is 3. The topological polar surface area (TPSA) is 79.7 Å². The zero-order valence-electron chi connectivity index (χ0n) is 21.4. The Kier molecular flexibility index (Phi) is 7.56. The van der Waals surface area contributed by atoms with E-state index in [1.807, 2.05) is 22.9 Å². The summed E-state index contributed by atoms with van der Waals surface area (Å²) in [6, 6.07) is 19.2. The Morgan fingerprint density at radius 2 is 1.89 bits per heavy atom. The first-order valence-electron chi connectivity index (χ1n) is 13.3. The Balaban J connectivity index is 1.46. The fourth-order valence-corrected chi connectivity index (χ4v) is 5.65. The van der Waals surface area contributed by atoms with Crippen molar-refractivity contribution < 1.29 is 0 Å². The number of aromatic nitrogens is 5. The second-order valence-electron chi connectivity index (χ2n) is 10.1. The van der Waals surface area contributed by atoms with Crippen LogP contribution in [0.5, 0.6) is 0 Å². The second-order valence-corrected chi connectivity index (χ2v) is 10.1. The molecule has 0 amide bonds. The maximum atomic E-state index is 13.1. The van der Waals surface area contributed by atoms with Crippen LogP contribution in [-0.4, -0.2) is 36.1 Å². The van der Waals surface area contributed by atoms with Crippen LogP contribution in [0.2, 0.25) is 0 Å². The van der Waals surface area contributed by atoms with Gasteiger partial charge in [-0.2, -0.15) is 0 Å². The van der Waals surface area contributed by atoms with Gasteiger partial charge in [0.2, 0.25) is 0 Å². The Bertz CT molecular complexity index is 1340. The van der Waals surface area contributed by atoms with Crippen molar-refractivity contribution >= 4 is 10.9 Å². The highest BCUT2D eigenvalue weighted by Gasteiger charge is 2.32. The molecular weight excluding hydrogens is 448 g/mol. The van der Waals surface area contributed by atoms with Gasteiger partial charge in [0, 0.05) is 30.2 Å². The average Bonchev–Trinajstić information content (AvgIpc) is 3.37. The Morgan fingerprint density at radius 1 is 1.08 bits per heavy atom. The molecule has 1 aliphatic carbocycles. The number of fused-ring (bicyclic) bond motifs is 1. The summed E-state index contributed by atoms with van der Waals surface area (Å²) in [6.45, 7) is 5.61. The minimum Gasteiger partial charge on any atom is -0.322 e. The molecule has 2 heterocycles. The summed E-state index contributed by atoms with van der Waals surface area (Å²) in [5, 5.41) is 14.0. The predicted molar refractivity (Wildman–Crippen MR) is 143 cm³/mol. The molecule has 1 fully saturated rings. The van der Waals surface area contributed by atoms with Gasteiger partial charge in [0.25, 0.3) is 5.56 Å². The second kappa shape index (κ2) is 11.2. The van der Waals surface area contributed by atoms with E-state index in [1.54, 1.807) is 0 Å². The summed E-state index contributed by atoms with van der Waals surface area (Å²) < 4.78 is 1.96.